The van der Waals surface area contributed by atoms with E-state index in [2.05, 4.69) is 34.5 Å². The van der Waals surface area contributed by atoms with E-state index in [-0.39, 0.29) is 0 Å². The molecule has 0 unspecified atom stereocenters. The maximum Gasteiger partial charge on any atom is 0.0668 e. The Morgan fingerprint density at radius 3 is 2.89 bits per heavy atom. The summed E-state index contributed by atoms with van der Waals surface area (Å²) < 4.78 is 5.88. The topological polar surface area (TPSA) is 16.1 Å². The second-order valence-electron chi connectivity index (χ2n) is 4.97. The van der Waals surface area contributed by atoms with Crippen molar-refractivity contribution in [2.45, 2.75) is 25.7 Å². The largest absolute Gasteiger partial charge is 0.378 e. The average Bonchev–Trinajstić information content (AvgIpc) is 2.85. The van der Waals surface area contributed by atoms with Crippen LogP contribution in [-0.2, 0) is 0 Å². The highest BCUT2D eigenvalue weighted by Crippen LogP contribution is 2.37. The summed E-state index contributed by atoms with van der Waals surface area (Å²) in [6, 6.07) is 6.08. The number of fused-ring (bicyclic) bond motifs is 1. The summed E-state index contributed by atoms with van der Waals surface area (Å²) in [7, 11) is 0. The minimum atomic E-state index is 0.551. The molecule has 0 spiro atoms. The van der Waals surface area contributed by atoms with Gasteiger partial charge in [-0.05, 0) is 49.6 Å². The Morgan fingerprint density at radius 2 is 2.16 bits per heavy atom. The van der Waals surface area contributed by atoms with Gasteiger partial charge in [-0.1, -0.05) is 23.7 Å². The number of allylic oxidation sites excluding steroid dienone is 1. The molecule has 3 rings (SSSR count). The molecule has 1 saturated heterocycles. The Morgan fingerprint density at radius 1 is 1.37 bits per heavy atom. The van der Waals surface area contributed by atoms with Crippen molar-refractivity contribution in [2.75, 3.05) is 13.1 Å². The van der Waals surface area contributed by atoms with E-state index in [9.17, 15) is 0 Å². The zero-order valence-corrected chi connectivity index (χ0v) is 12.5. The molecule has 1 aromatic carbocycles. The van der Waals surface area contributed by atoms with Gasteiger partial charge in [-0.25, -0.2) is 0 Å². The van der Waals surface area contributed by atoms with Crippen LogP contribution in [0.15, 0.2) is 30.5 Å². The Balaban J connectivity index is 1.86. The van der Waals surface area contributed by atoms with Crippen LogP contribution in [-0.4, -0.2) is 22.4 Å². The summed E-state index contributed by atoms with van der Waals surface area (Å²) in [6.07, 6.45) is 6.61. The summed E-state index contributed by atoms with van der Waals surface area (Å²) in [5.41, 5.74) is 1.21. The fourth-order valence-corrected chi connectivity index (χ4v) is 3.99. The van der Waals surface area contributed by atoms with Crippen molar-refractivity contribution in [2.24, 2.45) is 0 Å². The number of likely N-dealkylation sites (tertiary alicyclic amines) is 1. The third-order valence-electron chi connectivity index (χ3n) is 3.75. The number of halogens is 1. The zero-order valence-electron chi connectivity index (χ0n) is 11.0. The first-order valence-corrected chi connectivity index (χ1v) is 7.85. The maximum absolute atomic E-state index is 6.35. The molecule has 1 aromatic heterocycles. The second-order valence-corrected chi connectivity index (χ2v) is 6.19. The van der Waals surface area contributed by atoms with E-state index < -0.39 is 0 Å². The summed E-state index contributed by atoms with van der Waals surface area (Å²) in [6.45, 7) is 4.29. The molecule has 2 nitrogen and oxygen atoms in total. The Bertz CT molecular complexity index is 597. The molecule has 1 aliphatic heterocycles. The monoisotopic (exact) mass is 292 g/mol. The van der Waals surface area contributed by atoms with Gasteiger partial charge in [-0.15, -0.1) is 0 Å². The number of hydrogen-bond donors (Lipinski definition) is 0. The fraction of sp³-hybridized carbons (Fsp3) is 0.400. The van der Waals surface area contributed by atoms with Gasteiger partial charge in [0.05, 0.1) is 15.4 Å². The molecule has 100 valence electrons. The molecule has 0 saturated carbocycles. The van der Waals surface area contributed by atoms with Crippen molar-refractivity contribution in [1.29, 1.82) is 0 Å². The van der Waals surface area contributed by atoms with Crippen LogP contribution in [0.4, 0.5) is 0 Å². The van der Waals surface area contributed by atoms with Gasteiger partial charge in [0.25, 0.3) is 0 Å². The lowest BCUT2D eigenvalue weighted by Crippen LogP contribution is -2.28. The Kier molecular flexibility index (Phi) is 3.76. The molecule has 0 aliphatic carbocycles. The highest BCUT2D eigenvalue weighted by Gasteiger charge is 2.23. The minimum Gasteiger partial charge on any atom is -0.378 e. The van der Waals surface area contributed by atoms with Gasteiger partial charge < -0.3 is 4.90 Å². The molecule has 0 amide bonds. The van der Waals surface area contributed by atoms with Crippen LogP contribution >= 0.6 is 23.1 Å². The summed E-state index contributed by atoms with van der Waals surface area (Å²) in [5, 5.41) is 2.02. The standard InChI is InChI=1S/C15H17ClN2S/c1-2-8-18-9-6-11(7-10-18)15-14-12(16)4-3-5-13(14)19-17-15/h2-5,8,11H,6-7,9-10H2,1H3. The summed E-state index contributed by atoms with van der Waals surface area (Å²) in [4.78, 5) is 2.38. The van der Waals surface area contributed by atoms with E-state index in [1.807, 2.05) is 12.1 Å². The summed E-state index contributed by atoms with van der Waals surface area (Å²) in [5.74, 6) is 0.551. The van der Waals surface area contributed by atoms with E-state index in [0.29, 0.717) is 5.92 Å². The van der Waals surface area contributed by atoms with E-state index >= 15 is 0 Å². The zero-order chi connectivity index (χ0) is 13.2. The van der Waals surface area contributed by atoms with E-state index in [1.54, 1.807) is 11.5 Å². The fourth-order valence-electron chi connectivity index (χ4n) is 2.78. The number of aromatic nitrogens is 1. The number of benzene rings is 1. The van der Waals surface area contributed by atoms with Gasteiger partial charge in [0.15, 0.2) is 0 Å². The molecule has 1 fully saturated rings. The first-order chi connectivity index (χ1) is 9.29. The van der Waals surface area contributed by atoms with Gasteiger partial charge in [-0.3, -0.25) is 0 Å². The molecule has 0 radical (unpaired) electrons. The molecule has 0 N–H and O–H groups in total. The van der Waals surface area contributed by atoms with Gasteiger partial charge >= 0.3 is 0 Å². The summed E-state index contributed by atoms with van der Waals surface area (Å²) >= 11 is 7.92. The van der Waals surface area contributed by atoms with Crippen LogP contribution in [0.3, 0.4) is 0 Å². The number of nitrogens with zero attached hydrogens (tertiary/aromatic N) is 2. The first-order valence-electron chi connectivity index (χ1n) is 6.70. The molecule has 0 bridgehead atoms. The van der Waals surface area contributed by atoms with E-state index in [0.717, 1.165) is 31.0 Å². The molecule has 4 heteroatoms. The van der Waals surface area contributed by atoms with Gasteiger partial charge in [0.2, 0.25) is 0 Å². The van der Waals surface area contributed by atoms with Gasteiger partial charge in [0, 0.05) is 24.4 Å². The van der Waals surface area contributed by atoms with Crippen molar-refractivity contribution in [3.63, 3.8) is 0 Å². The molecule has 1 aliphatic rings. The number of hydrogen-bond acceptors (Lipinski definition) is 3. The van der Waals surface area contributed by atoms with Crippen molar-refractivity contribution < 1.29 is 0 Å². The molecule has 2 heterocycles. The Hall–Kier alpha value is -1.06. The van der Waals surface area contributed by atoms with E-state index in [1.165, 1.54) is 15.8 Å². The predicted molar refractivity (Wildman–Crippen MR) is 83.0 cm³/mol. The van der Waals surface area contributed by atoms with Gasteiger partial charge in [0.1, 0.15) is 0 Å². The molecular weight excluding hydrogens is 276 g/mol. The van der Waals surface area contributed by atoms with Crippen molar-refractivity contribution in [1.82, 2.24) is 9.27 Å². The van der Waals surface area contributed by atoms with Crippen LogP contribution in [0.1, 0.15) is 31.4 Å². The highest BCUT2D eigenvalue weighted by atomic mass is 35.5. The average molecular weight is 293 g/mol. The van der Waals surface area contributed by atoms with Crippen LogP contribution in [0.5, 0.6) is 0 Å². The SMILES string of the molecule is CC=CN1CCC(c2nsc3cccc(Cl)c23)CC1. The molecule has 0 atom stereocenters. The Labute approximate surface area is 122 Å². The van der Waals surface area contributed by atoms with Crippen LogP contribution in [0.25, 0.3) is 10.1 Å². The van der Waals surface area contributed by atoms with Crippen LogP contribution in [0.2, 0.25) is 5.02 Å². The third kappa shape index (κ3) is 2.49. The van der Waals surface area contributed by atoms with Crippen LogP contribution in [0, 0.1) is 0 Å². The normalized spacial score (nSPS) is 17.7. The molecule has 19 heavy (non-hydrogen) atoms. The lowest BCUT2D eigenvalue weighted by Gasteiger charge is -2.30. The minimum absolute atomic E-state index is 0.551. The lowest BCUT2D eigenvalue weighted by molar-refractivity contribution is 0.283. The lowest BCUT2D eigenvalue weighted by atomic mass is 9.92. The van der Waals surface area contributed by atoms with Crippen LogP contribution < -0.4 is 0 Å². The predicted octanol–water partition coefficient (Wildman–Crippen LogP) is 4.66. The molecular formula is C15H17ClN2S. The first kappa shape index (κ1) is 12.9. The maximum atomic E-state index is 6.35. The van der Waals surface area contributed by atoms with Crippen molar-refractivity contribution >= 4 is 33.2 Å². The third-order valence-corrected chi connectivity index (χ3v) is 4.89. The van der Waals surface area contributed by atoms with Gasteiger partial charge in [-0.2, -0.15) is 4.37 Å². The second kappa shape index (κ2) is 5.51. The van der Waals surface area contributed by atoms with E-state index in [4.69, 9.17) is 11.6 Å². The number of rotatable bonds is 2. The smallest absolute Gasteiger partial charge is 0.0668 e. The van der Waals surface area contributed by atoms with Crippen molar-refractivity contribution in [3.8, 4) is 0 Å². The molecule has 2 aromatic rings. The van der Waals surface area contributed by atoms with Crippen molar-refractivity contribution in [3.05, 3.63) is 41.2 Å². The quantitative estimate of drug-likeness (QED) is 0.800. The number of piperidine rings is 1. The highest BCUT2D eigenvalue weighted by molar-refractivity contribution is 7.13.